The van der Waals surface area contributed by atoms with E-state index >= 15 is 0 Å². The lowest BCUT2D eigenvalue weighted by atomic mass is 9.98. The van der Waals surface area contributed by atoms with Crippen molar-refractivity contribution in [3.8, 4) is 0 Å². The minimum Gasteiger partial charge on any atom is -0.444 e. The van der Waals surface area contributed by atoms with Gasteiger partial charge in [-0.25, -0.2) is 4.79 Å². The number of hydrogen-bond acceptors (Lipinski definition) is 5. The van der Waals surface area contributed by atoms with Gasteiger partial charge in [0, 0.05) is 19.3 Å². The molecule has 0 saturated carbocycles. The second-order valence-corrected chi connectivity index (χ2v) is 7.61. The SMILES string of the molecule is CC(C)(C)OC(=O)N1CCCC(C(=O)NNC(=O)c2cccnc2C(F)(F)F)C1. The highest BCUT2D eigenvalue weighted by molar-refractivity contribution is 5.96. The van der Waals surface area contributed by atoms with Crippen LogP contribution in [0.5, 0.6) is 0 Å². The average molecular weight is 416 g/mol. The Balaban J connectivity index is 1.96. The Kier molecular flexibility index (Phi) is 6.70. The lowest BCUT2D eigenvalue weighted by molar-refractivity contribution is -0.141. The quantitative estimate of drug-likeness (QED) is 0.722. The van der Waals surface area contributed by atoms with Crippen molar-refractivity contribution in [3.63, 3.8) is 0 Å². The Morgan fingerprint density at radius 2 is 1.90 bits per heavy atom. The largest absolute Gasteiger partial charge is 0.444 e. The first-order chi connectivity index (χ1) is 13.4. The Morgan fingerprint density at radius 1 is 1.21 bits per heavy atom. The second-order valence-electron chi connectivity index (χ2n) is 7.61. The first-order valence-electron chi connectivity index (χ1n) is 8.99. The number of hydrogen-bond donors (Lipinski definition) is 2. The van der Waals surface area contributed by atoms with E-state index in [1.165, 1.54) is 11.0 Å². The molecule has 0 spiro atoms. The van der Waals surface area contributed by atoms with Gasteiger partial charge in [0.05, 0.1) is 11.5 Å². The maximum absolute atomic E-state index is 13.0. The molecule has 1 saturated heterocycles. The predicted octanol–water partition coefficient (Wildman–Crippen LogP) is 2.51. The number of piperidine rings is 1. The standard InChI is InChI=1S/C18H23F3N4O4/c1-17(2,3)29-16(28)25-9-5-6-11(10-25)14(26)23-24-15(27)12-7-4-8-22-13(12)18(19,20)21/h4,7-8,11H,5-6,9-10H2,1-3H3,(H,23,26)(H,24,27). The number of alkyl halides is 3. The molecule has 0 bridgehead atoms. The topological polar surface area (TPSA) is 101 Å². The van der Waals surface area contributed by atoms with Crippen LogP contribution in [0, 0.1) is 5.92 Å². The number of nitrogens with zero attached hydrogens (tertiary/aromatic N) is 2. The highest BCUT2D eigenvalue weighted by atomic mass is 19.4. The Hall–Kier alpha value is -2.85. The Bertz CT molecular complexity index is 777. The number of amides is 3. The third-order valence-electron chi connectivity index (χ3n) is 4.06. The van der Waals surface area contributed by atoms with Crippen LogP contribution in [-0.2, 0) is 15.7 Å². The van der Waals surface area contributed by atoms with Crippen LogP contribution in [0.1, 0.15) is 49.7 Å². The van der Waals surface area contributed by atoms with Gasteiger partial charge in [-0.3, -0.25) is 25.4 Å². The number of carbonyl (C=O) groups is 3. The number of carbonyl (C=O) groups excluding carboxylic acids is 3. The van der Waals surface area contributed by atoms with Gasteiger partial charge in [0.2, 0.25) is 5.91 Å². The highest BCUT2D eigenvalue weighted by Crippen LogP contribution is 2.29. The minimum atomic E-state index is -4.81. The highest BCUT2D eigenvalue weighted by Gasteiger charge is 2.37. The number of hydrazine groups is 1. The summed E-state index contributed by atoms with van der Waals surface area (Å²) in [4.78, 5) is 41.1. The maximum Gasteiger partial charge on any atom is 0.434 e. The number of ether oxygens (including phenoxy) is 1. The van der Waals surface area contributed by atoms with Crippen LogP contribution in [0.3, 0.4) is 0 Å². The van der Waals surface area contributed by atoms with Crippen LogP contribution in [0.15, 0.2) is 18.3 Å². The van der Waals surface area contributed by atoms with Gasteiger partial charge in [-0.15, -0.1) is 0 Å². The number of nitrogens with one attached hydrogen (secondary N) is 2. The van der Waals surface area contributed by atoms with E-state index in [4.69, 9.17) is 4.74 Å². The van der Waals surface area contributed by atoms with Crippen LogP contribution >= 0.6 is 0 Å². The fourth-order valence-electron chi connectivity index (χ4n) is 2.79. The van der Waals surface area contributed by atoms with Crippen molar-refractivity contribution in [2.24, 2.45) is 5.92 Å². The van der Waals surface area contributed by atoms with Crippen molar-refractivity contribution < 1.29 is 32.3 Å². The molecule has 11 heteroatoms. The molecule has 1 aromatic rings. The summed E-state index contributed by atoms with van der Waals surface area (Å²) in [6, 6.07) is 2.15. The number of aromatic nitrogens is 1. The summed E-state index contributed by atoms with van der Waals surface area (Å²) < 4.78 is 44.1. The molecule has 2 rings (SSSR count). The van der Waals surface area contributed by atoms with E-state index in [-0.39, 0.29) is 6.54 Å². The van der Waals surface area contributed by atoms with Crippen LogP contribution in [0.4, 0.5) is 18.0 Å². The molecule has 29 heavy (non-hydrogen) atoms. The molecule has 8 nitrogen and oxygen atoms in total. The predicted molar refractivity (Wildman–Crippen MR) is 95.4 cm³/mol. The molecule has 160 valence electrons. The summed E-state index contributed by atoms with van der Waals surface area (Å²) in [5, 5.41) is 0. The van der Waals surface area contributed by atoms with Crippen LogP contribution in [0.25, 0.3) is 0 Å². The van der Waals surface area contributed by atoms with Gasteiger partial charge in [-0.1, -0.05) is 0 Å². The second kappa shape index (κ2) is 8.66. The number of rotatable bonds is 2. The zero-order chi connectivity index (χ0) is 21.8. The molecule has 3 amide bonds. The fourth-order valence-corrected chi connectivity index (χ4v) is 2.79. The first kappa shape index (κ1) is 22.4. The first-order valence-corrected chi connectivity index (χ1v) is 8.99. The summed E-state index contributed by atoms with van der Waals surface area (Å²) in [6.45, 7) is 5.68. The van der Waals surface area contributed by atoms with Gasteiger partial charge in [0.25, 0.3) is 5.91 Å². The molecule has 0 aromatic carbocycles. The molecule has 1 fully saturated rings. The van der Waals surface area contributed by atoms with Crippen molar-refractivity contribution >= 4 is 17.9 Å². The van der Waals surface area contributed by atoms with Crippen molar-refractivity contribution in [3.05, 3.63) is 29.6 Å². The lowest BCUT2D eigenvalue weighted by Gasteiger charge is -2.33. The zero-order valence-electron chi connectivity index (χ0n) is 16.3. The molecular formula is C18H23F3N4O4. The van der Waals surface area contributed by atoms with E-state index in [1.54, 1.807) is 20.8 Å². The van der Waals surface area contributed by atoms with Crippen molar-refractivity contribution in [2.75, 3.05) is 13.1 Å². The molecule has 0 aliphatic carbocycles. The van der Waals surface area contributed by atoms with Gasteiger partial charge in [0.15, 0.2) is 5.69 Å². The van der Waals surface area contributed by atoms with Gasteiger partial charge in [0.1, 0.15) is 5.60 Å². The molecule has 1 aliphatic rings. The average Bonchev–Trinajstić information content (AvgIpc) is 2.64. The van der Waals surface area contributed by atoms with Crippen LogP contribution in [-0.4, -0.2) is 46.5 Å². The van der Waals surface area contributed by atoms with E-state index in [1.807, 2.05) is 5.43 Å². The van der Waals surface area contributed by atoms with Gasteiger partial charge < -0.3 is 9.64 Å². The molecule has 0 radical (unpaired) electrons. The van der Waals surface area contributed by atoms with E-state index in [9.17, 15) is 27.6 Å². The number of pyridine rings is 1. The van der Waals surface area contributed by atoms with Gasteiger partial charge in [-0.05, 0) is 45.7 Å². The number of likely N-dealkylation sites (tertiary alicyclic amines) is 1. The Labute approximate surface area is 165 Å². The molecule has 1 aromatic heterocycles. The molecule has 1 atom stereocenters. The lowest BCUT2D eigenvalue weighted by Crippen LogP contribution is -2.50. The van der Waals surface area contributed by atoms with E-state index < -0.39 is 46.9 Å². The maximum atomic E-state index is 13.0. The van der Waals surface area contributed by atoms with Gasteiger partial charge >= 0.3 is 12.3 Å². The monoisotopic (exact) mass is 416 g/mol. The summed E-state index contributed by atoms with van der Waals surface area (Å²) in [7, 11) is 0. The van der Waals surface area contributed by atoms with Crippen molar-refractivity contribution in [1.29, 1.82) is 0 Å². The van der Waals surface area contributed by atoms with Crippen molar-refractivity contribution in [1.82, 2.24) is 20.7 Å². The summed E-state index contributed by atoms with van der Waals surface area (Å²) in [5.41, 5.74) is 1.37. The third kappa shape index (κ3) is 6.33. The zero-order valence-corrected chi connectivity index (χ0v) is 16.3. The molecule has 1 aliphatic heterocycles. The normalized spacial score (nSPS) is 17.4. The van der Waals surface area contributed by atoms with E-state index in [0.717, 1.165) is 12.3 Å². The van der Waals surface area contributed by atoms with Crippen LogP contribution < -0.4 is 10.9 Å². The summed E-state index contributed by atoms with van der Waals surface area (Å²) in [5.74, 6) is -2.38. The summed E-state index contributed by atoms with van der Waals surface area (Å²) in [6.07, 6.45) is -3.43. The molecule has 2 heterocycles. The summed E-state index contributed by atoms with van der Waals surface area (Å²) >= 11 is 0. The van der Waals surface area contributed by atoms with E-state index in [0.29, 0.717) is 19.4 Å². The van der Waals surface area contributed by atoms with Crippen molar-refractivity contribution in [2.45, 2.75) is 45.4 Å². The molecule has 2 N–H and O–H groups in total. The molecule has 1 unspecified atom stereocenters. The molecular weight excluding hydrogens is 393 g/mol. The van der Waals surface area contributed by atoms with Gasteiger partial charge in [-0.2, -0.15) is 13.2 Å². The number of halogens is 3. The van der Waals surface area contributed by atoms with E-state index in [2.05, 4.69) is 10.4 Å². The minimum absolute atomic E-state index is 0.0807. The van der Waals surface area contributed by atoms with Crippen LogP contribution in [0.2, 0.25) is 0 Å². The fraction of sp³-hybridized carbons (Fsp3) is 0.556. The smallest absolute Gasteiger partial charge is 0.434 e. The Morgan fingerprint density at radius 3 is 2.52 bits per heavy atom. The third-order valence-corrected chi connectivity index (χ3v) is 4.06.